The van der Waals surface area contributed by atoms with E-state index in [1.165, 1.54) is 30.5 Å². The van der Waals surface area contributed by atoms with E-state index in [0.717, 1.165) is 11.1 Å². The lowest BCUT2D eigenvalue weighted by Crippen LogP contribution is -2.32. The highest BCUT2D eigenvalue weighted by Gasteiger charge is 2.14. The maximum absolute atomic E-state index is 12.9. The molecule has 174 valence electrons. The summed E-state index contributed by atoms with van der Waals surface area (Å²) in [5, 5.41) is 8.94. The van der Waals surface area contributed by atoms with Gasteiger partial charge in [-0.25, -0.2) is 9.82 Å². The first kappa shape index (κ1) is 24.1. The molecule has 0 aliphatic carbocycles. The average Bonchev–Trinajstić information content (AvgIpc) is 2.83. The summed E-state index contributed by atoms with van der Waals surface area (Å²) in [6.07, 6.45) is 1.37. The van der Waals surface area contributed by atoms with Gasteiger partial charge in [0.2, 0.25) is 0 Å². The normalized spacial score (nSPS) is 10.6. The molecule has 0 aliphatic heterocycles. The number of nitrogens with one attached hydrogen (secondary N) is 3. The van der Waals surface area contributed by atoms with Crippen LogP contribution in [0.25, 0.3) is 0 Å². The molecule has 0 spiro atoms. The first-order chi connectivity index (χ1) is 16.3. The Morgan fingerprint density at radius 3 is 2.32 bits per heavy atom. The summed E-state index contributed by atoms with van der Waals surface area (Å²) < 4.78 is 18.3. The molecule has 0 saturated carbocycles. The van der Waals surface area contributed by atoms with E-state index in [1.807, 2.05) is 19.9 Å². The van der Waals surface area contributed by atoms with Gasteiger partial charge in [0.05, 0.1) is 6.21 Å². The minimum absolute atomic E-state index is 0.226. The summed E-state index contributed by atoms with van der Waals surface area (Å²) >= 11 is 0. The summed E-state index contributed by atoms with van der Waals surface area (Å²) in [7, 11) is 0. The van der Waals surface area contributed by atoms with Gasteiger partial charge in [-0.1, -0.05) is 12.1 Å². The Kier molecular flexibility index (Phi) is 8.07. The van der Waals surface area contributed by atoms with Gasteiger partial charge in [0.1, 0.15) is 11.6 Å². The number of halogens is 1. The molecule has 0 atom stereocenters. The molecule has 0 aliphatic rings. The zero-order chi connectivity index (χ0) is 24.5. The van der Waals surface area contributed by atoms with Crippen LogP contribution < -0.4 is 20.8 Å². The number of carbonyl (C=O) groups is 3. The zero-order valence-corrected chi connectivity index (χ0v) is 18.6. The molecular formula is C25H23FN4O4. The van der Waals surface area contributed by atoms with E-state index in [-0.39, 0.29) is 12.5 Å². The van der Waals surface area contributed by atoms with Gasteiger partial charge in [-0.05, 0) is 85.1 Å². The standard InChI is InChI=1S/C25H23FN4O4/c1-16-4-3-5-22(17(16)2)29-24(32)25(33)30-27-14-18-6-12-21(13-7-18)34-15-23(31)28-20-10-8-19(26)9-11-20/h3-14H,15H2,1-2H3,(H,28,31)(H,29,32)(H,30,33)/b27-14-. The molecule has 0 unspecified atom stereocenters. The van der Waals surface area contributed by atoms with Crippen LogP contribution in [0.3, 0.4) is 0 Å². The lowest BCUT2D eigenvalue weighted by atomic mass is 10.1. The molecule has 0 saturated heterocycles. The van der Waals surface area contributed by atoms with Crippen LogP contribution in [0.15, 0.2) is 71.8 Å². The number of benzene rings is 3. The lowest BCUT2D eigenvalue weighted by Gasteiger charge is -2.09. The molecule has 34 heavy (non-hydrogen) atoms. The molecule has 3 amide bonds. The van der Waals surface area contributed by atoms with Crippen LogP contribution in [0.5, 0.6) is 5.75 Å². The highest BCUT2D eigenvalue weighted by atomic mass is 19.1. The van der Waals surface area contributed by atoms with Crippen LogP contribution in [-0.4, -0.2) is 30.5 Å². The predicted octanol–water partition coefficient (Wildman–Crippen LogP) is 3.55. The van der Waals surface area contributed by atoms with Crippen molar-refractivity contribution in [3.05, 3.63) is 89.2 Å². The second-order valence-corrected chi connectivity index (χ2v) is 7.31. The van der Waals surface area contributed by atoms with Crippen molar-refractivity contribution in [3.8, 4) is 5.75 Å². The monoisotopic (exact) mass is 462 g/mol. The summed E-state index contributed by atoms with van der Waals surface area (Å²) in [6.45, 7) is 3.54. The van der Waals surface area contributed by atoms with Crippen LogP contribution in [0.1, 0.15) is 16.7 Å². The molecule has 0 heterocycles. The summed E-state index contributed by atoms with van der Waals surface area (Å²) in [5.41, 5.74) is 5.71. The molecule has 3 rings (SSSR count). The van der Waals surface area contributed by atoms with Crippen molar-refractivity contribution in [2.24, 2.45) is 5.10 Å². The Hall–Kier alpha value is -4.53. The van der Waals surface area contributed by atoms with E-state index in [4.69, 9.17) is 4.74 Å². The van der Waals surface area contributed by atoms with Crippen molar-refractivity contribution in [2.45, 2.75) is 13.8 Å². The molecule has 0 fully saturated rings. The second kappa shape index (κ2) is 11.4. The number of carbonyl (C=O) groups excluding carboxylic acids is 3. The number of anilines is 2. The van der Waals surface area contributed by atoms with Crippen LogP contribution >= 0.6 is 0 Å². The molecule has 8 nitrogen and oxygen atoms in total. The van der Waals surface area contributed by atoms with Crippen molar-refractivity contribution in [2.75, 3.05) is 17.2 Å². The van der Waals surface area contributed by atoms with Gasteiger partial charge in [-0.2, -0.15) is 5.10 Å². The van der Waals surface area contributed by atoms with Gasteiger partial charge >= 0.3 is 11.8 Å². The van der Waals surface area contributed by atoms with Gasteiger partial charge in [0, 0.05) is 11.4 Å². The number of hydrogen-bond acceptors (Lipinski definition) is 5. The Labute approximate surface area is 195 Å². The molecule has 3 aromatic rings. The van der Waals surface area contributed by atoms with Crippen molar-refractivity contribution in [1.82, 2.24) is 5.43 Å². The van der Waals surface area contributed by atoms with Crippen LogP contribution in [0.2, 0.25) is 0 Å². The number of rotatable bonds is 7. The highest BCUT2D eigenvalue weighted by Crippen LogP contribution is 2.17. The summed E-state index contributed by atoms with van der Waals surface area (Å²) in [4.78, 5) is 36.0. The molecule has 3 N–H and O–H groups in total. The van der Waals surface area contributed by atoms with Gasteiger partial charge in [0.25, 0.3) is 5.91 Å². The number of hydrazone groups is 1. The van der Waals surface area contributed by atoms with Crippen molar-refractivity contribution in [3.63, 3.8) is 0 Å². The highest BCUT2D eigenvalue weighted by molar-refractivity contribution is 6.39. The summed E-state index contributed by atoms with van der Waals surface area (Å²) in [5.74, 6) is -2.06. The quantitative estimate of drug-likeness (QED) is 0.283. The number of aryl methyl sites for hydroxylation is 1. The van der Waals surface area contributed by atoms with Crippen LogP contribution in [-0.2, 0) is 14.4 Å². The fraction of sp³-hybridized carbons (Fsp3) is 0.120. The third kappa shape index (κ3) is 6.99. The Morgan fingerprint density at radius 1 is 0.912 bits per heavy atom. The van der Waals surface area contributed by atoms with E-state index >= 15 is 0 Å². The predicted molar refractivity (Wildman–Crippen MR) is 127 cm³/mol. The fourth-order valence-electron chi connectivity index (χ4n) is 2.81. The molecule has 0 aromatic heterocycles. The van der Waals surface area contributed by atoms with Gasteiger partial charge in [0.15, 0.2) is 6.61 Å². The SMILES string of the molecule is Cc1cccc(NC(=O)C(=O)N/N=C\c2ccc(OCC(=O)Nc3ccc(F)cc3)cc2)c1C. The third-order valence-electron chi connectivity index (χ3n) is 4.82. The molecule has 0 bridgehead atoms. The topological polar surface area (TPSA) is 109 Å². The average molecular weight is 462 g/mol. The Morgan fingerprint density at radius 2 is 1.62 bits per heavy atom. The van der Waals surface area contributed by atoms with E-state index in [1.54, 1.807) is 36.4 Å². The zero-order valence-electron chi connectivity index (χ0n) is 18.6. The van der Waals surface area contributed by atoms with Crippen molar-refractivity contribution in [1.29, 1.82) is 0 Å². The number of hydrogen-bond donors (Lipinski definition) is 3. The minimum atomic E-state index is -0.899. The van der Waals surface area contributed by atoms with Crippen molar-refractivity contribution < 1.29 is 23.5 Å². The van der Waals surface area contributed by atoms with Gasteiger partial charge in [-0.15, -0.1) is 0 Å². The number of ether oxygens (including phenoxy) is 1. The minimum Gasteiger partial charge on any atom is -0.484 e. The van der Waals surface area contributed by atoms with Crippen molar-refractivity contribution >= 4 is 35.3 Å². The maximum atomic E-state index is 12.9. The smallest absolute Gasteiger partial charge is 0.329 e. The fourth-order valence-corrected chi connectivity index (χ4v) is 2.81. The first-order valence-corrected chi connectivity index (χ1v) is 10.3. The van der Waals surface area contributed by atoms with Crippen LogP contribution in [0, 0.1) is 19.7 Å². The molecule has 0 radical (unpaired) electrons. The maximum Gasteiger partial charge on any atom is 0.329 e. The van der Waals surface area contributed by atoms with Gasteiger partial charge < -0.3 is 15.4 Å². The Balaban J connectivity index is 1.44. The lowest BCUT2D eigenvalue weighted by molar-refractivity contribution is -0.136. The molecular weight excluding hydrogens is 439 g/mol. The third-order valence-corrected chi connectivity index (χ3v) is 4.82. The summed E-state index contributed by atoms with van der Waals surface area (Å²) in [6, 6.07) is 17.4. The number of amides is 3. The Bertz CT molecular complexity index is 1210. The van der Waals surface area contributed by atoms with Crippen LogP contribution in [0.4, 0.5) is 15.8 Å². The van der Waals surface area contributed by atoms with E-state index < -0.39 is 17.6 Å². The van der Waals surface area contributed by atoms with E-state index in [2.05, 4.69) is 21.2 Å². The molecule has 9 heteroatoms. The second-order valence-electron chi connectivity index (χ2n) is 7.31. The van der Waals surface area contributed by atoms with E-state index in [9.17, 15) is 18.8 Å². The largest absolute Gasteiger partial charge is 0.484 e. The molecule has 3 aromatic carbocycles. The van der Waals surface area contributed by atoms with Gasteiger partial charge in [-0.3, -0.25) is 14.4 Å². The first-order valence-electron chi connectivity index (χ1n) is 10.3. The van der Waals surface area contributed by atoms with E-state index in [0.29, 0.717) is 22.7 Å². The number of nitrogens with zero attached hydrogens (tertiary/aromatic N) is 1.